The lowest BCUT2D eigenvalue weighted by Crippen LogP contribution is -2.28. The molecule has 0 saturated carbocycles. The largest absolute Gasteiger partial charge is 0.317 e. The topological polar surface area (TPSA) is 58.2 Å². The van der Waals surface area contributed by atoms with E-state index in [4.69, 9.17) is 0 Å². The zero-order valence-electron chi connectivity index (χ0n) is 12.3. The first kappa shape index (κ1) is 15.9. The van der Waals surface area contributed by atoms with Gasteiger partial charge in [-0.05, 0) is 35.8 Å². The molecule has 2 N–H and O–H groups in total. The van der Waals surface area contributed by atoms with Crippen LogP contribution in [0.5, 0.6) is 0 Å². The molecular formula is C16H22N2O2S. The first-order valence-electron chi connectivity index (χ1n) is 7.27. The summed E-state index contributed by atoms with van der Waals surface area (Å²) in [5.41, 5.74) is 1.00. The number of benzene rings is 2. The van der Waals surface area contributed by atoms with Gasteiger partial charge < -0.3 is 5.32 Å². The van der Waals surface area contributed by atoms with Gasteiger partial charge in [-0.2, -0.15) is 0 Å². The van der Waals surface area contributed by atoms with Gasteiger partial charge in [0.2, 0.25) is 10.0 Å². The molecule has 4 nitrogen and oxygen atoms in total. The number of hydrogen-bond acceptors (Lipinski definition) is 3. The predicted octanol–water partition coefficient (Wildman–Crippen LogP) is 2.26. The van der Waals surface area contributed by atoms with Crippen molar-refractivity contribution >= 4 is 20.8 Å². The second kappa shape index (κ2) is 7.54. The molecule has 0 aromatic heterocycles. The van der Waals surface area contributed by atoms with Crippen LogP contribution in [0.2, 0.25) is 0 Å². The van der Waals surface area contributed by atoms with Crippen LogP contribution in [-0.4, -0.2) is 27.3 Å². The number of rotatable bonds is 8. The Morgan fingerprint density at radius 1 is 1.05 bits per heavy atom. The van der Waals surface area contributed by atoms with Crippen LogP contribution >= 0.6 is 0 Å². The molecule has 114 valence electrons. The molecular weight excluding hydrogens is 284 g/mol. The fourth-order valence-electron chi connectivity index (χ4n) is 2.27. The maximum atomic E-state index is 12.0. The van der Waals surface area contributed by atoms with Gasteiger partial charge in [0, 0.05) is 6.54 Å². The summed E-state index contributed by atoms with van der Waals surface area (Å²) in [6.07, 6.45) is 0.624. The first-order valence-corrected chi connectivity index (χ1v) is 8.92. The molecule has 0 atom stereocenters. The lowest BCUT2D eigenvalue weighted by Gasteiger charge is -2.09. The van der Waals surface area contributed by atoms with Crippen molar-refractivity contribution in [2.45, 2.75) is 19.9 Å². The number of sulfonamides is 1. The summed E-state index contributed by atoms with van der Waals surface area (Å²) < 4.78 is 26.6. The second-order valence-corrected chi connectivity index (χ2v) is 6.91. The molecule has 0 fully saturated rings. The Labute approximate surface area is 126 Å². The molecule has 0 unspecified atom stereocenters. The third-order valence-corrected chi connectivity index (χ3v) is 4.79. The van der Waals surface area contributed by atoms with Crippen LogP contribution < -0.4 is 10.0 Å². The summed E-state index contributed by atoms with van der Waals surface area (Å²) in [5, 5.41) is 5.35. The molecule has 21 heavy (non-hydrogen) atoms. The summed E-state index contributed by atoms with van der Waals surface area (Å²) in [6, 6.07) is 14.0. The Morgan fingerprint density at radius 3 is 2.62 bits per heavy atom. The van der Waals surface area contributed by atoms with Crippen LogP contribution in [0.15, 0.2) is 42.5 Å². The molecule has 2 rings (SSSR count). The van der Waals surface area contributed by atoms with E-state index in [1.807, 2.05) is 49.4 Å². The number of fused-ring (bicyclic) bond motifs is 1. The van der Waals surface area contributed by atoms with Crippen molar-refractivity contribution < 1.29 is 8.42 Å². The SMILES string of the molecule is CCNCCCS(=O)(=O)NCc1cccc2ccccc12. The molecule has 0 aliphatic rings. The fourth-order valence-corrected chi connectivity index (χ4v) is 3.31. The van der Waals surface area contributed by atoms with Gasteiger partial charge in [-0.1, -0.05) is 49.4 Å². The van der Waals surface area contributed by atoms with E-state index in [-0.39, 0.29) is 5.75 Å². The zero-order chi connectivity index (χ0) is 15.1. The maximum Gasteiger partial charge on any atom is 0.211 e. The van der Waals surface area contributed by atoms with E-state index in [9.17, 15) is 8.42 Å². The quantitative estimate of drug-likeness (QED) is 0.736. The summed E-state index contributed by atoms with van der Waals surface area (Å²) in [7, 11) is -3.22. The predicted molar refractivity (Wildman–Crippen MR) is 87.7 cm³/mol. The second-order valence-electron chi connectivity index (χ2n) is 4.99. The van der Waals surface area contributed by atoms with Crippen LogP contribution in [0.3, 0.4) is 0 Å². The Kier molecular flexibility index (Phi) is 5.73. The lowest BCUT2D eigenvalue weighted by atomic mass is 10.1. The minimum absolute atomic E-state index is 0.158. The minimum Gasteiger partial charge on any atom is -0.317 e. The normalized spacial score (nSPS) is 11.9. The molecule has 0 heterocycles. The molecule has 0 aliphatic heterocycles. The molecule has 0 spiro atoms. The molecule has 0 saturated heterocycles. The molecule has 5 heteroatoms. The highest BCUT2D eigenvalue weighted by molar-refractivity contribution is 7.89. The average Bonchev–Trinajstić information content (AvgIpc) is 2.50. The van der Waals surface area contributed by atoms with Crippen LogP contribution in [-0.2, 0) is 16.6 Å². The van der Waals surface area contributed by atoms with Gasteiger partial charge in [0.1, 0.15) is 0 Å². The molecule has 2 aromatic rings. The fraction of sp³-hybridized carbons (Fsp3) is 0.375. The molecule has 0 bridgehead atoms. The molecule has 2 aromatic carbocycles. The highest BCUT2D eigenvalue weighted by Gasteiger charge is 2.10. The summed E-state index contributed by atoms with van der Waals surface area (Å²) in [5.74, 6) is 0.158. The van der Waals surface area contributed by atoms with Crippen molar-refractivity contribution in [1.82, 2.24) is 10.0 Å². The van der Waals surface area contributed by atoms with Crippen molar-refractivity contribution in [2.24, 2.45) is 0 Å². The number of hydrogen-bond donors (Lipinski definition) is 2. The van der Waals surface area contributed by atoms with E-state index >= 15 is 0 Å². The first-order chi connectivity index (χ1) is 10.1. The number of nitrogens with one attached hydrogen (secondary N) is 2. The monoisotopic (exact) mass is 306 g/mol. The summed E-state index contributed by atoms with van der Waals surface area (Å²) >= 11 is 0. The molecule has 0 aliphatic carbocycles. The van der Waals surface area contributed by atoms with E-state index in [1.54, 1.807) is 0 Å². The van der Waals surface area contributed by atoms with Crippen molar-refractivity contribution in [3.05, 3.63) is 48.0 Å². The minimum atomic E-state index is -3.22. The zero-order valence-corrected chi connectivity index (χ0v) is 13.1. The Bertz CT molecular complexity index is 678. The van der Waals surface area contributed by atoms with Crippen molar-refractivity contribution in [3.63, 3.8) is 0 Å². The van der Waals surface area contributed by atoms with E-state index in [2.05, 4.69) is 10.0 Å². The van der Waals surface area contributed by atoms with Crippen LogP contribution in [0, 0.1) is 0 Å². The Morgan fingerprint density at radius 2 is 1.81 bits per heavy atom. The van der Waals surface area contributed by atoms with Gasteiger partial charge >= 0.3 is 0 Å². The smallest absolute Gasteiger partial charge is 0.211 e. The van der Waals surface area contributed by atoms with Gasteiger partial charge in [-0.15, -0.1) is 0 Å². The Hall–Kier alpha value is -1.43. The van der Waals surface area contributed by atoms with E-state index in [0.29, 0.717) is 13.0 Å². The Balaban J connectivity index is 1.98. The standard InChI is InChI=1S/C16H22N2O2S/c1-2-17-11-6-12-21(19,20)18-13-15-9-5-8-14-7-3-4-10-16(14)15/h3-5,7-10,17-18H,2,6,11-13H2,1H3. The van der Waals surface area contributed by atoms with Crippen LogP contribution in [0.1, 0.15) is 18.9 Å². The molecule has 0 radical (unpaired) electrons. The van der Waals surface area contributed by atoms with Crippen LogP contribution in [0.4, 0.5) is 0 Å². The van der Waals surface area contributed by atoms with E-state index in [1.165, 1.54) is 0 Å². The maximum absolute atomic E-state index is 12.0. The average molecular weight is 306 g/mol. The van der Waals surface area contributed by atoms with Gasteiger partial charge in [0.25, 0.3) is 0 Å². The van der Waals surface area contributed by atoms with E-state index < -0.39 is 10.0 Å². The summed E-state index contributed by atoms with van der Waals surface area (Å²) in [6.45, 7) is 3.94. The van der Waals surface area contributed by atoms with Crippen molar-refractivity contribution in [3.8, 4) is 0 Å². The van der Waals surface area contributed by atoms with Gasteiger partial charge in [0.15, 0.2) is 0 Å². The molecule has 0 amide bonds. The summed E-state index contributed by atoms with van der Waals surface area (Å²) in [4.78, 5) is 0. The van der Waals surface area contributed by atoms with E-state index in [0.717, 1.165) is 29.4 Å². The van der Waals surface area contributed by atoms with Crippen molar-refractivity contribution in [1.29, 1.82) is 0 Å². The van der Waals surface area contributed by atoms with Crippen LogP contribution in [0.25, 0.3) is 10.8 Å². The van der Waals surface area contributed by atoms with Gasteiger partial charge in [-0.25, -0.2) is 13.1 Å². The van der Waals surface area contributed by atoms with Gasteiger partial charge in [-0.3, -0.25) is 0 Å². The third-order valence-electron chi connectivity index (χ3n) is 3.38. The highest BCUT2D eigenvalue weighted by Crippen LogP contribution is 2.18. The highest BCUT2D eigenvalue weighted by atomic mass is 32.2. The lowest BCUT2D eigenvalue weighted by molar-refractivity contribution is 0.576. The van der Waals surface area contributed by atoms with Crippen molar-refractivity contribution in [2.75, 3.05) is 18.8 Å². The van der Waals surface area contributed by atoms with Gasteiger partial charge in [0.05, 0.1) is 5.75 Å². The third kappa shape index (κ3) is 4.81.